The molecule has 0 aliphatic rings. The lowest BCUT2D eigenvalue weighted by Crippen LogP contribution is -2.02. The highest BCUT2D eigenvalue weighted by molar-refractivity contribution is 5.59. The van der Waals surface area contributed by atoms with Crippen LogP contribution in [0.5, 0.6) is 0 Å². The van der Waals surface area contributed by atoms with Gasteiger partial charge in [0.2, 0.25) is 0 Å². The van der Waals surface area contributed by atoms with Crippen LogP contribution < -0.4 is 5.73 Å². The van der Waals surface area contributed by atoms with Crippen molar-refractivity contribution in [1.82, 2.24) is 9.97 Å². The van der Waals surface area contributed by atoms with Crippen LogP contribution in [0.1, 0.15) is 11.3 Å². The monoisotopic (exact) mass is 201 g/mol. The lowest BCUT2D eigenvalue weighted by molar-refractivity contribution is 0.936. The van der Waals surface area contributed by atoms with E-state index in [-0.39, 0.29) is 0 Å². The topological polar surface area (TPSA) is 54.7 Å². The van der Waals surface area contributed by atoms with Crippen molar-refractivity contribution < 1.29 is 0 Å². The third-order valence-electron chi connectivity index (χ3n) is 2.44. The van der Waals surface area contributed by atoms with Gasteiger partial charge in [-0.1, -0.05) is 24.3 Å². The van der Waals surface area contributed by atoms with Gasteiger partial charge in [-0.2, -0.15) is 0 Å². The number of hydrogen-bond donors (Lipinski definition) is 2. The highest BCUT2D eigenvalue weighted by Crippen LogP contribution is 2.19. The largest absolute Gasteiger partial charge is 0.342 e. The fraction of sp³-hybridized carbons (Fsp3) is 0.250. The predicted octanol–water partition coefficient (Wildman–Crippen LogP) is 1.89. The number of aryl methyl sites for hydroxylation is 1. The number of benzene rings is 1. The molecule has 0 unspecified atom stereocenters. The maximum atomic E-state index is 5.49. The summed E-state index contributed by atoms with van der Waals surface area (Å²) in [6, 6.07) is 8.21. The summed E-state index contributed by atoms with van der Waals surface area (Å²) in [6.07, 6.45) is 2.70. The molecule has 3 heteroatoms. The highest BCUT2D eigenvalue weighted by Gasteiger charge is 2.04. The van der Waals surface area contributed by atoms with Crippen LogP contribution in [-0.4, -0.2) is 16.5 Å². The summed E-state index contributed by atoms with van der Waals surface area (Å²) in [4.78, 5) is 7.63. The van der Waals surface area contributed by atoms with E-state index in [1.165, 1.54) is 5.56 Å². The molecule has 2 aromatic rings. The Labute approximate surface area is 89.4 Å². The Hall–Kier alpha value is -1.61. The van der Waals surface area contributed by atoms with Gasteiger partial charge in [-0.25, -0.2) is 4.98 Å². The van der Waals surface area contributed by atoms with E-state index < -0.39 is 0 Å². The molecule has 0 aliphatic heterocycles. The minimum Gasteiger partial charge on any atom is -0.342 e. The maximum absolute atomic E-state index is 5.49. The Balaban J connectivity index is 2.33. The molecule has 0 spiro atoms. The zero-order chi connectivity index (χ0) is 10.7. The van der Waals surface area contributed by atoms with Crippen molar-refractivity contribution in [2.24, 2.45) is 5.73 Å². The zero-order valence-electron chi connectivity index (χ0n) is 8.83. The minimum atomic E-state index is 0.648. The number of nitrogens with one attached hydrogen (secondary N) is 1. The SMILES string of the molecule is Cc1ccccc1-c1ncc(CCN)[nH]1. The Morgan fingerprint density at radius 3 is 2.87 bits per heavy atom. The van der Waals surface area contributed by atoms with Gasteiger partial charge in [0.15, 0.2) is 0 Å². The summed E-state index contributed by atoms with van der Waals surface area (Å²) in [7, 11) is 0. The Morgan fingerprint density at radius 1 is 1.33 bits per heavy atom. The Morgan fingerprint density at radius 2 is 2.13 bits per heavy atom. The first-order valence-electron chi connectivity index (χ1n) is 5.11. The van der Waals surface area contributed by atoms with Crippen LogP contribution in [0, 0.1) is 6.92 Å². The molecule has 3 nitrogen and oxygen atoms in total. The molecule has 0 aliphatic carbocycles. The number of nitrogens with zero attached hydrogens (tertiary/aromatic N) is 1. The fourth-order valence-corrected chi connectivity index (χ4v) is 1.62. The fourth-order valence-electron chi connectivity index (χ4n) is 1.62. The summed E-state index contributed by atoms with van der Waals surface area (Å²) in [6.45, 7) is 2.73. The number of aromatic amines is 1. The first-order chi connectivity index (χ1) is 7.31. The van der Waals surface area contributed by atoms with Gasteiger partial charge in [0.1, 0.15) is 5.82 Å². The van der Waals surface area contributed by atoms with Crippen molar-refractivity contribution in [2.75, 3.05) is 6.54 Å². The number of imidazole rings is 1. The van der Waals surface area contributed by atoms with E-state index in [9.17, 15) is 0 Å². The quantitative estimate of drug-likeness (QED) is 0.796. The lowest BCUT2D eigenvalue weighted by Gasteiger charge is -2.00. The summed E-state index contributed by atoms with van der Waals surface area (Å²) in [5.41, 5.74) is 8.97. The van der Waals surface area contributed by atoms with Crippen molar-refractivity contribution in [3.63, 3.8) is 0 Å². The van der Waals surface area contributed by atoms with Gasteiger partial charge >= 0.3 is 0 Å². The Bertz CT molecular complexity index is 446. The van der Waals surface area contributed by atoms with Gasteiger partial charge < -0.3 is 10.7 Å². The van der Waals surface area contributed by atoms with Crippen LogP contribution in [0.25, 0.3) is 11.4 Å². The second kappa shape index (κ2) is 4.28. The van der Waals surface area contributed by atoms with E-state index in [1.54, 1.807) is 0 Å². The summed E-state index contributed by atoms with van der Waals surface area (Å²) >= 11 is 0. The smallest absolute Gasteiger partial charge is 0.137 e. The second-order valence-corrected chi connectivity index (χ2v) is 3.61. The van der Waals surface area contributed by atoms with E-state index in [4.69, 9.17) is 5.73 Å². The third-order valence-corrected chi connectivity index (χ3v) is 2.44. The van der Waals surface area contributed by atoms with E-state index in [2.05, 4.69) is 29.0 Å². The van der Waals surface area contributed by atoms with Crippen molar-refractivity contribution >= 4 is 0 Å². The third kappa shape index (κ3) is 2.07. The molecule has 1 aromatic heterocycles. The first kappa shape index (κ1) is 9.93. The molecular weight excluding hydrogens is 186 g/mol. The average Bonchev–Trinajstić information content (AvgIpc) is 2.68. The van der Waals surface area contributed by atoms with E-state index >= 15 is 0 Å². The summed E-state index contributed by atoms with van der Waals surface area (Å²) in [5, 5.41) is 0. The number of H-pyrrole nitrogens is 1. The van der Waals surface area contributed by atoms with Crippen LogP contribution in [-0.2, 0) is 6.42 Å². The van der Waals surface area contributed by atoms with E-state index in [1.807, 2.05) is 18.3 Å². The van der Waals surface area contributed by atoms with Crippen molar-refractivity contribution in [3.05, 3.63) is 41.7 Å². The van der Waals surface area contributed by atoms with Crippen LogP contribution in [0.15, 0.2) is 30.5 Å². The highest BCUT2D eigenvalue weighted by atomic mass is 14.9. The molecular formula is C12H15N3. The van der Waals surface area contributed by atoms with Gasteiger partial charge in [-0.3, -0.25) is 0 Å². The lowest BCUT2D eigenvalue weighted by atomic mass is 10.1. The van der Waals surface area contributed by atoms with Crippen LogP contribution in [0.3, 0.4) is 0 Å². The summed E-state index contributed by atoms with van der Waals surface area (Å²) < 4.78 is 0. The van der Waals surface area contributed by atoms with Crippen molar-refractivity contribution in [2.45, 2.75) is 13.3 Å². The normalized spacial score (nSPS) is 10.5. The van der Waals surface area contributed by atoms with Crippen molar-refractivity contribution in [3.8, 4) is 11.4 Å². The zero-order valence-corrected chi connectivity index (χ0v) is 8.83. The molecule has 1 heterocycles. The van der Waals surface area contributed by atoms with E-state index in [0.717, 1.165) is 23.5 Å². The molecule has 2 rings (SSSR count). The van der Waals surface area contributed by atoms with Crippen LogP contribution in [0.4, 0.5) is 0 Å². The molecule has 0 bridgehead atoms. The summed E-state index contributed by atoms with van der Waals surface area (Å²) in [5.74, 6) is 0.927. The van der Waals surface area contributed by atoms with Gasteiger partial charge in [-0.05, 0) is 19.0 Å². The van der Waals surface area contributed by atoms with Crippen LogP contribution >= 0.6 is 0 Å². The molecule has 0 fully saturated rings. The minimum absolute atomic E-state index is 0.648. The molecule has 0 amide bonds. The molecule has 0 saturated heterocycles. The van der Waals surface area contributed by atoms with Crippen LogP contribution in [0.2, 0.25) is 0 Å². The molecule has 78 valence electrons. The number of aromatic nitrogens is 2. The first-order valence-corrected chi connectivity index (χ1v) is 5.11. The predicted molar refractivity (Wildman–Crippen MR) is 61.5 cm³/mol. The number of nitrogens with two attached hydrogens (primary N) is 1. The van der Waals surface area contributed by atoms with E-state index in [0.29, 0.717) is 6.54 Å². The average molecular weight is 201 g/mol. The van der Waals surface area contributed by atoms with Gasteiger partial charge in [0.05, 0.1) is 0 Å². The molecule has 1 aromatic carbocycles. The number of hydrogen-bond acceptors (Lipinski definition) is 2. The second-order valence-electron chi connectivity index (χ2n) is 3.61. The maximum Gasteiger partial charge on any atom is 0.137 e. The number of rotatable bonds is 3. The standard InChI is InChI=1S/C12H15N3/c1-9-4-2-3-5-11(9)12-14-8-10(15-12)6-7-13/h2-5,8H,6-7,13H2,1H3,(H,14,15). The van der Waals surface area contributed by atoms with Crippen molar-refractivity contribution in [1.29, 1.82) is 0 Å². The Kier molecular flexibility index (Phi) is 2.83. The molecule has 15 heavy (non-hydrogen) atoms. The molecule has 0 radical (unpaired) electrons. The molecule has 0 saturated carbocycles. The van der Waals surface area contributed by atoms with Gasteiger partial charge in [0.25, 0.3) is 0 Å². The van der Waals surface area contributed by atoms with Gasteiger partial charge in [0, 0.05) is 23.9 Å². The van der Waals surface area contributed by atoms with Gasteiger partial charge in [-0.15, -0.1) is 0 Å². The molecule has 3 N–H and O–H groups in total. The molecule has 0 atom stereocenters.